The standard InChI is InChI=1S/C11H14ClN5O/c1-17-15-11(14-16-17)6-9(13)8-4-3-7(12)5-10(8)18-2/h3-5,9H,6,13H2,1-2H3. The number of halogens is 1. The van der Waals surface area contributed by atoms with Crippen molar-refractivity contribution in [3.8, 4) is 5.75 Å². The average Bonchev–Trinajstić information content (AvgIpc) is 2.74. The molecule has 0 saturated carbocycles. The van der Waals surface area contributed by atoms with Crippen molar-refractivity contribution in [2.45, 2.75) is 12.5 Å². The highest BCUT2D eigenvalue weighted by Crippen LogP contribution is 2.28. The van der Waals surface area contributed by atoms with Crippen molar-refractivity contribution in [3.05, 3.63) is 34.6 Å². The first-order valence-corrected chi connectivity index (χ1v) is 5.80. The maximum absolute atomic E-state index is 6.12. The molecule has 7 heteroatoms. The van der Waals surface area contributed by atoms with Gasteiger partial charge in [0.15, 0.2) is 5.82 Å². The van der Waals surface area contributed by atoms with Crippen LogP contribution in [0.5, 0.6) is 5.75 Å². The predicted octanol–water partition coefficient (Wildman–Crippen LogP) is 1.11. The number of aromatic nitrogens is 4. The van der Waals surface area contributed by atoms with Crippen molar-refractivity contribution in [1.29, 1.82) is 0 Å². The fourth-order valence-corrected chi connectivity index (χ4v) is 1.87. The summed E-state index contributed by atoms with van der Waals surface area (Å²) in [5.74, 6) is 1.26. The van der Waals surface area contributed by atoms with Crippen LogP contribution in [0.25, 0.3) is 0 Å². The number of nitrogens with zero attached hydrogens (tertiary/aromatic N) is 4. The van der Waals surface area contributed by atoms with E-state index in [1.807, 2.05) is 6.07 Å². The second-order valence-corrected chi connectivity index (χ2v) is 4.33. The number of aryl methyl sites for hydroxylation is 1. The van der Waals surface area contributed by atoms with Gasteiger partial charge >= 0.3 is 0 Å². The third-order valence-corrected chi connectivity index (χ3v) is 2.78. The number of benzene rings is 1. The zero-order valence-electron chi connectivity index (χ0n) is 10.2. The van der Waals surface area contributed by atoms with Gasteiger partial charge in [0.25, 0.3) is 0 Å². The second kappa shape index (κ2) is 5.32. The minimum Gasteiger partial charge on any atom is -0.496 e. The molecule has 0 aliphatic carbocycles. The van der Waals surface area contributed by atoms with E-state index in [4.69, 9.17) is 22.1 Å². The highest BCUT2D eigenvalue weighted by molar-refractivity contribution is 6.30. The highest BCUT2D eigenvalue weighted by Gasteiger charge is 2.15. The van der Waals surface area contributed by atoms with Crippen LogP contribution >= 0.6 is 11.6 Å². The van der Waals surface area contributed by atoms with E-state index in [1.165, 1.54) is 4.80 Å². The summed E-state index contributed by atoms with van der Waals surface area (Å²) in [5, 5.41) is 12.4. The van der Waals surface area contributed by atoms with E-state index in [0.717, 1.165) is 5.56 Å². The first-order chi connectivity index (χ1) is 8.60. The maximum Gasteiger partial charge on any atom is 0.176 e. The van der Waals surface area contributed by atoms with Gasteiger partial charge in [0.05, 0.1) is 14.2 Å². The summed E-state index contributed by atoms with van der Waals surface area (Å²) in [6.07, 6.45) is 0.492. The first-order valence-electron chi connectivity index (χ1n) is 5.42. The molecule has 1 unspecified atom stereocenters. The molecule has 0 aliphatic heterocycles. The molecule has 1 heterocycles. The molecule has 96 valence electrons. The van der Waals surface area contributed by atoms with Crippen LogP contribution in [0.2, 0.25) is 5.02 Å². The number of nitrogens with two attached hydrogens (primary N) is 1. The Kier molecular flexibility index (Phi) is 3.78. The number of hydrogen-bond donors (Lipinski definition) is 1. The van der Waals surface area contributed by atoms with Crippen LogP contribution in [0, 0.1) is 0 Å². The number of hydrogen-bond acceptors (Lipinski definition) is 5. The van der Waals surface area contributed by atoms with Crippen molar-refractivity contribution < 1.29 is 4.74 Å². The summed E-state index contributed by atoms with van der Waals surface area (Å²) in [7, 11) is 3.30. The number of methoxy groups -OCH3 is 1. The molecule has 2 rings (SSSR count). The van der Waals surface area contributed by atoms with Crippen molar-refractivity contribution >= 4 is 11.6 Å². The van der Waals surface area contributed by atoms with Crippen LogP contribution in [0.1, 0.15) is 17.4 Å². The van der Waals surface area contributed by atoms with Gasteiger partial charge in [0.2, 0.25) is 0 Å². The van der Waals surface area contributed by atoms with Gasteiger partial charge in [0, 0.05) is 23.0 Å². The average molecular weight is 268 g/mol. The zero-order chi connectivity index (χ0) is 13.1. The Morgan fingerprint density at radius 3 is 2.89 bits per heavy atom. The van der Waals surface area contributed by atoms with E-state index in [-0.39, 0.29) is 6.04 Å². The van der Waals surface area contributed by atoms with Gasteiger partial charge in [0.1, 0.15) is 5.75 Å². The quantitative estimate of drug-likeness (QED) is 0.898. The topological polar surface area (TPSA) is 78.9 Å². The largest absolute Gasteiger partial charge is 0.496 e. The van der Waals surface area contributed by atoms with Gasteiger partial charge in [-0.2, -0.15) is 4.80 Å². The molecule has 18 heavy (non-hydrogen) atoms. The lowest BCUT2D eigenvalue weighted by Gasteiger charge is -2.14. The molecule has 0 spiro atoms. The zero-order valence-corrected chi connectivity index (χ0v) is 10.9. The minimum atomic E-state index is -0.263. The second-order valence-electron chi connectivity index (χ2n) is 3.89. The molecule has 0 radical (unpaired) electrons. The van der Waals surface area contributed by atoms with Gasteiger partial charge in [-0.3, -0.25) is 0 Å². The Morgan fingerprint density at radius 2 is 2.28 bits per heavy atom. The van der Waals surface area contributed by atoms with E-state index in [1.54, 1.807) is 26.3 Å². The molecule has 0 amide bonds. The third kappa shape index (κ3) is 2.77. The first kappa shape index (κ1) is 12.8. The molecule has 1 atom stereocenters. The number of rotatable bonds is 4. The van der Waals surface area contributed by atoms with Gasteiger partial charge in [-0.05, 0) is 17.3 Å². The molecule has 0 saturated heterocycles. The monoisotopic (exact) mass is 267 g/mol. The molecular formula is C11H14ClN5O. The molecule has 1 aromatic carbocycles. The van der Waals surface area contributed by atoms with E-state index >= 15 is 0 Å². The van der Waals surface area contributed by atoms with Crippen LogP contribution in [0.15, 0.2) is 18.2 Å². The Hall–Kier alpha value is -1.66. The summed E-state index contributed by atoms with van der Waals surface area (Å²) in [6, 6.07) is 5.10. The van der Waals surface area contributed by atoms with Crippen molar-refractivity contribution in [3.63, 3.8) is 0 Å². The van der Waals surface area contributed by atoms with Crippen LogP contribution in [0.3, 0.4) is 0 Å². The molecule has 2 aromatic rings. The Morgan fingerprint density at radius 1 is 1.50 bits per heavy atom. The summed E-state index contributed by atoms with van der Waals surface area (Å²) < 4.78 is 5.26. The lowest BCUT2D eigenvalue weighted by Crippen LogP contribution is -2.15. The third-order valence-electron chi connectivity index (χ3n) is 2.55. The predicted molar refractivity (Wildman–Crippen MR) is 67.4 cm³/mol. The van der Waals surface area contributed by atoms with Crippen LogP contribution in [-0.4, -0.2) is 27.3 Å². The fourth-order valence-electron chi connectivity index (χ4n) is 1.70. The summed E-state index contributed by atoms with van der Waals surface area (Å²) in [6.45, 7) is 0. The summed E-state index contributed by atoms with van der Waals surface area (Å²) in [4.78, 5) is 1.40. The highest BCUT2D eigenvalue weighted by atomic mass is 35.5. The number of tetrazole rings is 1. The minimum absolute atomic E-state index is 0.263. The number of ether oxygens (including phenoxy) is 1. The molecular weight excluding hydrogens is 254 g/mol. The van der Waals surface area contributed by atoms with E-state index in [0.29, 0.717) is 23.0 Å². The van der Waals surface area contributed by atoms with Gasteiger partial charge in [-0.25, -0.2) is 0 Å². The molecule has 0 bridgehead atoms. The smallest absolute Gasteiger partial charge is 0.176 e. The Balaban J connectivity index is 2.20. The Labute approximate surface area is 110 Å². The lowest BCUT2D eigenvalue weighted by atomic mass is 10.0. The van der Waals surface area contributed by atoms with Gasteiger partial charge in [-0.15, -0.1) is 10.2 Å². The molecule has 0 aliphatic rings. The van der Waals surface area contributed by atoms with E-state index < -0.39 is 0 Å². The van der Waals surface area contributed by atoms with E-state index in [9.17, 15) is 0 Å². The fraction of sp³-hybridized carbons (Fsp3) is 0.364. The summed E-state index contributed by atoms with van der Waals surface area (Å²) in [5.41, 5.74) is 6.99. The SMILES string of the molecule is COc1cc(Cl)ccc1C(N)Cc1nnn(C)n1. The molecule has 1 aromatic heterocycles. The van der Waals surface area contributed by atoms with Crippen LogP contribution < -0.4 is 10.5 Å². The Bertz CT molecular complexity index is 542. The lowest BCUT2D eigenvalue weighted by molar-refractivity contribution is 0.405. The molecule has 0 fully saturated rings. The van der Waals surface area contributed by atoms with Crippen molar-refractivity contribution in [2.24, 2.45) is 12.8 Å². The normalized spacial score (nSPS) is 12.4. The molecule has 2 N–H and O–H groups in total. The van der Waals surface area contributed by atoms with Gasteiger partial charge in [-0.1, -0.05) is 17.7 Å². The van der Waals surface area contributed by atoms with Gasteiger partial charge < -0.3 is 10.5 Å². The van der Waals surface area contributed by atoms with E-state index in [2.05, 4.69) is 15.4 Å². The maximum atomic E-state index is 6.12. The van der Waals surface area contributed by atoms with Crippen LogP contribution in [0.4, 0.5) is 0 Å². The van der Waals surface area contributed by atoms with Crippen LogP contribution in [-0.2, 0) is 13.5 Å². The van der Waals surface area contributed by atoms with Crippen molar-refractivity contribution in [2.75, 3.05) is 7.11 Å². The van der Waals surface area contributed by atoms with Crippen molar-refractivity contribution in [1.82, 2.24) is 20.2 Å². The molecule has 6 nitrogen and oxygen atoms in total. The summed E-state index contributed by atoms with van der Waals surface area (Å²) >= 11 is 5.90.